The Hall–Kier alpha value is -1.69. The Morgan fingerprint density at radius 1 is 1.45 bits per heavy atom. The predicted octanol–water partition coefficient (Wildman–Crippen LogP) is 3.24. The molecule has 4 nitrogen and oxygen atoms in total. The number of halogens is 2. The Balaban J connectivity index is 2.66. The van der Waals surface area contributed by atoms with Crippen molar-refractivity contribution in [3.05, 3.63) is 44.9 Å². The Kier molecular flexibility index (Phi) is 3.94. The van der Waals surface area contributed by atoms with Crippen LogP contribution in [0, 0.1) is 25.1 Å². The molecule has 20 heavy (non-hydrogen) atoms. The topological polar surface area (TPSA) is 67.7 Å². The third-order valence-electron chi connectivity index (χ3n) is 3.38. The fourth-order valence-corrected chi connectivity index (χ4v) is 2.88. The van der Waals surface area contributed by atoms with Crippen molar-refractivity contribution in [3.63, 3.8) is 0 Å². The van der Waals surface area contributed by atoms with Gasteiger partial charge in [0.1, 0.15) is 11.5 Å². The highest BCUT2D eigenvalue weighted by Crippen LogP contribution is 2.27. The highest BCUT2D eigenvalue weighted by molar-refractivity contribution is 9.10. The number of amidine groups is 1. The van der Waals surface area contributed by atoms with Crippen LogP contribution in [0.25, 0.3) is 5.69 Å². The number of hydrogen-bond acceptors (Lipinski definition) is 2. The van der Waals surface area contributed by atoms with Crippen LogP contribution in [0.2, 0.25) is 0 Å². The summed E-state index contributed by atoms with van der Waals surface area (Å²) in [7, 11) is 0. The highest BCUT2D eigenvalue weighted by Gasteiger charge is 2.18. The first-order valence-electron chi connectivity index (χ1n) is 6.26. The van der Waals surface area contributed by atoms with E-state index in [0.29, 0.717) is 11.3 Å². The molecule has 3 N–H and O–H groups in total. The molecule has 1 heterocycles. The van der Waals surface area contributed by atoms with E-state index < -0.39 is 5.82 Å². The van der Waals surface area contributed by atoms with Crippen LogP contribution in [0.3, 0.4) is 0 Å². The van der Waals surface area contributed by atoms with E-state index in [1.807, 2.05) is 20.8 Å². The molecule has 106 valence electrons. The van der Waals surface area contributed by atoms with Gasteiger partial charge >= 0.3 is 0 Å². The number of aromatic nitrogens is 2. The van der Waals surface area contributed by atoms with Crippen molar-refractivity contribution in [1.29, 1.82) is 5.41 Å². The molecule has 1 aromatic heterocycles. The number of benzene rings is 1. The van der Waals surface area contributed by atoms with Crippen molar-refractivity contribution in [2.24, 2.45) is 5.73 Å². The third kappa shape index (κ3) is 2.24. The maximum atomic E-state index is 14.5. The number of nitrogens with two attached hydrogens (primary N) is 1. The van der Waals surface area contributed by atoms with E-state index >= 15 is 0 Å². The van der Waals surface area contributed by atoms with Gasteiger partial charge in [0.15, 0.2) is 5.82 Å². The van der Waals surface area contributed by atoms with Gasteiger partial charge in [-0.3, -0.25) is 5.41 Å². The molecule has 0 fully saturated rings. The standard InChI is InChI=1S/C14H16BrFN4/c1-4-9-7(2)19-20(8(9)3)11-6-5-10(14(17)18)12(15)13(11)16/h5-6H,4H2,1-3H3,(H3,17,18). The van der Waals surface area contributed by atoms with E-state index in [2.05, 4.69) is 21.0 Å². The summed E-state index contributed by atoms with van der Waals surface area (Å²) in [6.07, 6.45) is 0.853. The minimum absolute atomic E-state index is 0.176. The quantitative estimate of drug-likeness (QED) is 0.666. The molecule has 0 aliphatic heterocycles. The number of hydrogen-bond donors (Lipinski definition) is 2. The lowest BCUT2D eigenvalue weighted by atomic mass is 10.1. The molecular weight excluding hydrogens is 323 g/mol. The minimum atomic E-state index is -0.467. The van der Waals surface area contributed by atoms with Gasteiger partial charge in [-0.15, -0.1) is 0 Å². The number of nitrogen functional groups attached to an aromatic ring is 1. The normalized spacial score (nSPS) is 10.8. The van der Waals surface area contributed by atoms with E-state index in [1.165, 1.54) is 0 Å². The third-order valence-corrected chi connectivity index (χ3v) is 4.15. The van der Waals surface area contributed by atoms with E-state index in [0.717, 1.165) is 23.4 Å². The maximum absolute atomic E-state index is 14.5. The number of aryl methyl sites for hydroxylation is 1. The molecule has 6 heteroatoms. The number of rotatable bonds is 3. The van der Waals surface area contributed by atoms with Crippen LogP contribution in [0.4, 0.5) is 4.39 Å². The zero-order valence-electron chi connectivity index (χ0n) is 11.6. The zero-order valence-corrected chi connectivity index (χ0v) is 13.2. The predicted molar refractivity (Wildman–Crippen MR) is 81.1 cm³/mol. The Bertz CT molecular complexity index is 691. The largest absolute Gasteiger partial charge is 0.384 e. The van der Waals surface area contributed by atoms with Crippen LogP contribution in [0.1, 0.15) is 29.4 Å². The summed E-state index contributed by atoms with van der Waals surface area (Å²) >= 11 is 3.16. The molecule has 0 saturated carbocycles. The Labute approximate surface area is 125 Å². The summed E-state index contributed by atoms with van der Waals surface area (Å²) < 4.78 is 16.3. The van der Waals surface area contributed by atoms with Crippen LogP contribution in [0.5, 0.6) is 0 Å². The summed E-state index contributed by atoms with van der Waals surface area (Å²) in [5.74, 6) is -0.643. The van der Waals surface area contributed by atoms with E-state index in [9.17, 15) is 4.39 Å². The molecule has 0 saturated heterocycles. The van der Waals surface area contributed by atoms with E-state index in [4.69, 9.17) is 11.1 Å². The van der Waals surface area contributed by atoms with Gasteiger partial charge < -0.3 is 5.73 Å². The maximum Gasteiger partial charge on any atom is 0.163 e. The van der Waals surface area contributed by atoms with Gasteiger partial charge in [0, 0.05) is 11.3 Å². The summed E-state index contributed by atoms with van der Waals surface area (Å²) in [6.45, 7) is 5.89. The second-order valence-corrected chi connectivity index (χ2v) is 5.38. The van der Waals surface area contributed by atoms with Gasteiger partial charge in [-0.25, -0.2) is 9.07 Å². The Morgan fingerprint density at radius 3 is 2.60 bits per heavy atom. The number of nitrogens with one attached hydrogen (secondary N) is 1. The first kappa shape index (κ1) is 14.7. The summed E-state index contributed by atoms with van der Waals surface area (Å²) in [6, 6.07) is 3.21. The second kappa shape index (κ2) is 5.36. The molecule has 1 aromatic carbocycles. The van der Waals surface area contributed by atoms with Crippen molar-refractivity contribution in [3.8, 4) is 5.69 Å². The lowest BCUT2D eigenvalue weighted by Gasteiger charge is -2.10. The molecule has 2 aromatic rings. The van der Waals surface area contributed by atoms with Gasteiger partial charge in [-0.05, 0) is 53.9 Å². The fraction of sp³-hybridized carbons (Fsp3) is 0.286. The van der Waals surface area contributed by atoms with Crippen LogP contribution in [-0.2, 0) is 6.42 Å². The molecule has 0 atom stereocenters. The Morgan fingerprint density at radius 2 is 2.10 bits per heavy atom. The van der Waals surface area contributed by atoms with E-state index in [1.54, 1.807) is 16.8 Å². The monoisotopic (exact) mass is 338 g/mol. The zero-order chi connectivity index (χ0) is 15.0. The smallest absolute Gasteiger partial charge is 0.163 e. The lowest BCUT2D eigenvalue weighted by molar-refractivity contribution is 0.601. The summed E-state index contributed by atoms with van der Waals surface area (Å²) in [5.41, 5.74) is 9.05. The highest BCUT2D eigenvalue weighted by atomic mass is 79.9. The molecule has 0 unspecified atom stereocenters. The first-order chi connectivity index (χ1) is 9.38. The average molecular weight is 339 g/mol. The first-order valence-corrected chi connectivity index (χ1v) is 7.05. The van der Waals surface area contributed by atoms with Crippen molar-refractivity contribution >= 4 is 21.8 Å². The molecule has 0 spiro atoms. The minimum Gasteiger partial charge on any atom is -0.384 e. The van der Waals surface area contributed by atoms with Gasteiger partial charge in [-0.2, -0.15) is 5.10 Å². The van der Waals surface area contributed by atoms with E-state index in [-0.39, 0.29) is 10.3 Å². The molecular formula is C14H16BrFN4. The molecule has 0 aliphatic carbocycles. The van der Waals surface area contributed by atoms with Crippen LogP contribution < -0.4 is 5.73 Å². The molecule has 0 aliphatic rings. The molecule has 2 rings (SSSR count). The van der Waals surface area contributed by atoms with Crippen molar-refractivity contribution in [2.45, 2.75) is 27.2 Å². The molecule has 0 radical (unpaired) electrons. The number of nitrogens with zero attached hydrogens (tertiary/aromatic N) is 2. The van der Waals surface area contributed by atoms with Crippen LogP contribution in [0.15, 0.2) is 16.6 Å². The second-order valence-electron chi connectivity index (χ2n) is 4.59. The van der Waals surface area contributed by atoms with Crippen molar-refractivity contribution in [1.82, 2.24) is 9.78 Å². The molecule has 0 bridgehead atoms. The average Bonchev–Trinajstić information content (AvgIpc) is 2.67. The van der Waals surface area contributed by atoms with Gasteiger partial charge in [0.25, 0.3) is 0 Å². The van der Waals surface area contributed by atoms with Gasteiger partial charge in [0.2, 0.25) is 0 Å². The van der Waals surface area contributed by atoms with Crippen LogP contribution >= 0.6 is 15.9 Å². The SMILES string of the molecule is CCc1c(C)nn(-c2ccc(C(=N)N)c(Br)c2F)c1C. The fourth-order valence-electron chi connectivity index (χ4n) is 2.33. The van der Waals surface area contributed by atoms with Crippen molar-refractivity contribution < 1.29 is 4.39 Å². The molecule has 0 amide bonds. The van der Waals surface area contributed by atoms with Crippen molar-refractivity contribution in [2.75, 3.05) is 0 Å². The summed E-state index contributed by atoms with van der Waals surface area (Å²) in [4.78, 5) is 0. The summed E-state index contributed by atoms with van der Waals surface area (Å²) in [5, 5.41) is 11.8. The van der Waals surface area contributed by atoms with Gasteiger partial charge in [0.05, 0.1) is 10.2 Å². The van der Waals surface area contributed by atoms with Crippen LogP contribution in [-0.4, -0.2) is 15.6 Å². The lowest BCUT2D eigenvalue weighted by Crippen LogP contribution is -2.14. The van der Waals surface area contributed by atoms with Gasteiger partial charge in [-0.1, -0.05) is 6.92 Å².